The lowest BCUT2D eigenvalue weighted by Crippen LogP contribution is -2.14. The van der Waals surface area contributed by atoms with Crippen molar-refractivity contribution in [2.75, 3.05) is 11.1 Å². The summed E-state index contributed by atoms with van der Waals surface area (Å²) in [4.78, 5) is 18.3. The van der Waals surface area contributed by atoms with Gasteiger partial charge in [0.1, 0.15) is 0 Å². The number of rotatable bonds is 5. The molecular weight excluding hydrogens is 356 g/mol. The van der Waals surface area contributed by atoms with E-state index in [0.717, 1.165) is 30.5 Å². The van der Waals surface area contributed by atoms with Gasteiger partial charge in [0.15, 0.2) is 15.0 Å². The minimum Gasteiger partial charge on any atom is -0.302 e. The van der Waals surface area contributed by atoms with Gasteiger partial charge in [-0.1, -0.05) is 26.0 Å². The van der Waals surface area contributed by atoms with Crippen LogP contribution in [0.4, 0.5) is 5.13 Å². The minimum atomic E-state index is -3.21. The SMILES string of the molecule is CCS(=O)(=O)c1ccc(CC(=O)Nc2nc3c(s2)C[C@H](C)CC3)cc1. The van der Waals surface area contributed by atoms with Crippen LogP contribution in [0.25, 0.3) is 0 Å². The molecule has 0 saturated carbocycles. The number of aryl methyl sites for hydroxylation is 1. The van der Waals surface area contributed by atoms with Crippen LogP contribution in [0.1, 0.15) is 36.4 Å². The maximum atomic E-state index is 12.2. The average Bonchev–Trinajstić information content (AvgIpc) is 2.96. The van der Waals surface area contributed by atoms with Gasteiger partial charge in [0.2, 0.25) is 5.91 Å². The normalized spacial score (nSPS) is 17.1. The molecule has 7 heteroatoms. The van der Waals surface area contributed by atoms with Crippen molar-refractivity contribution in [2.45, 2.75) is 44.4 Å². The van der Waals surface area contributed by atoms with Crippen molar-refractivity contribution in [1.82, 2.24) is 4.98 Å². The minimum absolute atomic E-state index is 0.0696. The molecule has 1 aromatic heterocycles. The van der Waals surface area contributed by atoms with Gasteiger partial charge in [-0.25, -0.2) is 13.4 Å². The number of thiazole rings is 1. The predicted molar refractivity (Wildman–Crippen MR) is 99.8 cm³/mol. The first-order chi connectivity index (χ1) is 11.9. The summed E-state index contributed by atoms with van der Waals surface area (Å²) in [6.45, 7) is 3.86. The van der Waals surface area contributed by atoms with Gasteiger partial charge >= 0.3 is 0 Å². The van der Waals surface area contributed by atoms with Crippen LogP contribution >= 0.6 is 11.3 Å². The zero-order valence-corrected chi connectivity index (χ0v) is 16.0. The number of fused-ring (bicyclic) bond motifs is 1. The fourth-order valence-electron chi connectivity index (χ4n) is 2.92. The summed E-state index contributed by atoms with van der Waals surface area (Å²) in [6.07, 6.45) is 3.37. The monoisotopic (exact) mass is 378 g/mol. The van der Waals surface area contributed by atoms with Gasteiger partial charge in [-0.3, -0.25) is 4.79 Å². The first-order valence-electron chi connectivity index (χ1n) is 8.47. The van der Waals surface area contributed by atoms with Gasteiger partial charge < -0.3 is 5.32 Å². The van der Waals surface area contributed by atoms with Crippen LogP contribution in [0.5, 0.6) is 0 Å². The van der Waals surface area contributed by atoms with Crippen molar-refractivity contribution in [1.29, 1.82) is 0 Å². The predicted octanol–water partition coefficient (Wildman–Crippen LogP) is 3.24. The summed E-state index contributed by atoms with van der Waals surface area (Å²) < 4.78 is 23.6. The second-order valence-corrected chi connectivity index (χ2v) is 9.87. The van der Waals surface area contributed by atoms with E-state index in [4.69, 9.17) is 0 Å². The van der Waals surface area contributed by atoms with E-state index >= 15 is 0 Å². The molecule has 0 saturated heterocycles. The van der Waals surface area contributed by atoms with E-state index in [2.05, 4.69) is 17.2 Å². The molecule has 0 radical (unpaired) electrons. The van der Waals surface area contributed by atoms with Crippen molar-refractivity contribution in [3.8, 4) is 0 Å². The number of nitrogens with zero attached hydrogens (tertiary/aromatic N) is 1. The highest BCUT2D eigenvalue weighted by Gasteiger charge is 2.20. The second-order valence-electron chi connectivity index (χ2n) is 6.51. The molecule has 0 aliphatic heterocycles. The first kappa shape index (κ1) is 18.1. The average molecular weight is 379 g/mol. The van der Waals surface area contributed by atoms with E-state index in [9.17, 15) is 13.2 Å². The Kier molecular flexibility index (Phi) is 5.24. The van der Waals surface area contributed by atoms with Crippen LogP contribution in [-0.2, 0) is 33.9 Å². The van der Waals surface area contributed by atoms with Crippen LogP contribution < -0.4 is 5.32 Å². The molecule has 1 amide bonds. The third-order valence-electron chi connectivity index (χ3n) is 4.46. The third-order valence-corrected chi connectivity index (χ3v) is 7.25. The molecule has 134 valence electrons. The van der Waals surface area contributed by atoms with Gasteiger partial charge in [0.25, 0.3) is 0 Å². The number of aromatic nitrogens is 1. The maximum absolute atomic E-state index is 12.2. The Hall–Kier alpha value is -1.73. The number of carbonyl (C=O) groups excluding carboxylic acids is 1. The van der Waals surface area contributed by atoms with E-state index in [-0.39, 0.29) is 18.1 Å². The topological polar surface area (TPSA) is 76.1 Å². The smallest absolute Gasteiger partial charge is 0.230 e. The Morgan fingerprint density at radius 2 is 2.04 bits per heavy atom. The quantitative estimate of drug-likeness (QED) is 0.866. The molecule has 1 atom stereocenters. The van der Waals surface area contributed by atoms with Crippen molar-refractivity contribution < 1.29 is 13.2 Å². The van der Waals surface area contributed by atoms with E-state index in [1.165, 1.54) is 4.88 Å². The molecule has 5 nitrogen and oxygen atoms in total. The van der Waals surface area contributed by atoms with Crippen LogP contribution in [0, 0.1) is 5.92 Å². The third kappa shape index (κ3) is 4.27. The van der Waals surface area contributed by atoms with Gasteiger partial charge in [0.05, 0.1) is 22.8 Å². The number of carbonyl (C=O) groups is 1. The number of nitrogens with one attached hydrogen (secondary N) is 1. The van der Waals surface area contributed by atoms with Crippen molar-refractivity contribution in [3.63, 3.8) is 0 Å². The number of sulfone groups is 1. The van der Waals surface area contributed by atoms with E-state index in [1.807, 2.05) is 0 Å². The Balaban J connectivity index is 1.63. The van der Waals surface area contributed by atoms with Crippen molar-refractivity contribution >= 4 is 32.2 Å². The van der Waals surface area contributed by atoms with E-state index < -0.39 is 9.84 Å². The molecule has 1 aliphatic carbocycles. The first-order valence-corrected chi connectivity index (χ1v) is 10.9. The molecular formula is C18H22N2O3S2. The molecule has 1 heterocycles. The lowest BCUT2D eigenvalue weighted by atomic mass is 9.93. The number of anilines is 1. The van der Waals surface area contributed by atoms with Crippen LogP contribution in [-0.4, -0.2) is 25.1 Å². The molecule has 0 unspecified atom stereocenters. The molecule has 1 N–H and O–H groups in total. The number of benzene rings is 1. The summed E-state index contributed by atoms with van der Waals surface area (Å²) in [5.74, 6) is 0.611. The zero-order chi connectivity index (χ0) is 18.0. The molecule has 3 rings (SSSR count). The lowest BCUT2D eigenvalue weighted by molar-refractivity contribution is -0.115. The Labute approximate surface area is 152 Å². The van der Waals surface area contributed by atoms with Crippen molar-refractivity contribution in [3.05, 3.63) is 40.4 Å². The van der Waals surface area contributed by atoms with Gasteiger partial charge in [0, 0.05) is 4.88 Å². The standard InChI is InChI=1S/C18H22N2O3S2/c1-3-25(22,23)14-7-5-13(6-8-14)11-17(21)20-18-19-15-9-4-12(2)10-16(15)24-18/h5-8,12H,3-4,9-11H2,1-2H3,(H,19,20,21)/t12-/m1/s1. The highest BCUT2D eigenvalue weighted by Crippen LogP contribution is 2.32. The van der Waals surface area contributed by atoms with Crippen LogP contribution in [0.3, 0.4) is 0 Å². The molecule has 0 spiro atoms. The van der Waals surface area contributed by atoms with Gasteiger partial charge in [-0.05, 0) is 42.9 Å². The molecule has 1 aromatic carbocycles. The van der Waals surface area contributed by atoms with E-state index in [1.54, 1.807) is 42.5 Å². The summed E-state index contributed by atoms with van der Waals surface area (Å²) >= 11 is 1.56. The largest absolute Gasteiger partial charge is 0.302 e. The Morgan fingerprint density at radius 1 is 1.32 bits per heavy atom. The molecule has 25 heavy (non-hydrogen) atoms. The number of hydrogen-bond acceptors (Lipinski definition) is 5. The Bertz CT molecular complexity index is 870. The van der Waals surface area contributed by atoms with E-state index in [0.29, 0.717) is 15.9 Å². The van der Waals surface area contributed by atoms with Crippen LogP contribution in [0.2, 0.25) is 0 Å². The van der Waals surface area contributed by atoms with Crippen LogP contribution in [0.15, 0.2) is 29.2 Å². The molecule has 1 aliphatic rings. The van der Waals surface area contributed by atoms with Gasteiger partial charge in [-0.15, -0.1) is 11.3 Å². The highest BCUT2D eigenvalue weighted by molar-refractivity contribution is 7.91. The maximum Gasteiger partial charge on any atom is 0.230 e. The lowest BCUT2D eigenvalue weighted by Gasteiger charge is -2.15. The van der Waals surface area contributed by atoms with Crippen molar-refractivity contribution in [2.24, 2.45) is 5.92 Å². The summed E-state index contributed by atoms with van der Waals surface area (Å²) in [5, 5.41) is 3.53. The molecule has 0 bridgehead atoms. The molecule has 0 fully saturated rings. The second kappa shape index (κ2) is 7.25. The highest BCUT2D eigenvalue weighted by atomic mass is 32.2. The number of amides is 1. The summed E-state index contributed by atoms with van der Waals surface area (Å²) in [5.41, 5.74) is 1.90. The number of hydrogen-bond donors (Lipinski definition) is 1. The fraction of sp³-hybridized carbons (Fsp3) is 0.444. The molecule has 2 aromatic rings. The van der Waals surface area contributed by atoms with Gasteiger partial charge in [-0.2, -0.15) is 0 Å². The fourth-order valence-corrected chi connectivity index (χ4v) is 5.00. The zero-order valence-electron chi connectivity index (χ0n) is 14.4. The summed E-state index contributed by atoms with van der Waals surface area (Å²) in [6, 6.07) is 6.50. The summed E-state index contributed by atoms with van der Waals surface area (Å²) in [7, 11) is -3.21. The Morgan fingerprint density at radius 3 is 2.72 bits per heavy atom.